The van der Waals surface area contributed by atoms with Crippen molar-refractivity contribution in [3.05, 3.63) is 9.81 Å². The van der Waals surface area contributed by atoms with E-state index in [4.69, 9.17) is 20.0 Å². The first-order valence-electron chi connectivity index (χ1n) is 2.94. The third-order valence-electron chi connectivity index (χ3n) is 0.471. The summed E-state index contributed by atoms with van der Waals surface area (Å²) in [5.74, 6) is 0. The fourth-order valence-corrected chi connectivity index (χ4v) is 0.149. The predicted octanol–water partition coefficient (Wildman–Crippen LogP) is -1.30. The summed E-state index contributed by atoms with van der Waals surface area (Å²) < 4.78 is 0. The van der Waals surface area contributed by atoms with Crippen LogP contribution in [-0.4, -0.2) is 66.2 Å². The van der Waals surface area contributed by atoms with Gasteiger partial charge in [0.05, 0.1) is 13.2 Å². The summed E-state index contributed by atoms with van der Waals surface area (Å²) in [6.07, 6.45) is 0. The van der Waals surface area contributed by atoms with Crippen LogP contribution in [0.4, 0.5) is 0 Å². The van der Waals surface area contributed by atoms with E-state index in [1.807, 2.05) is 10.7 Å². The molecule has 0 bridgehead atoms. The molecule has 0 aliphatic carbocycles. The Labute approximate surface area is 96.4 Å². The molecule has 8 nitrogen and oxygen atoms in total. The van der Waals surface area contributed by atoms with Crippen LogP contribution in [0.25, 0.3) is 0 Å². The number of aliphatic hydroxyl groups excluding tert-OH is 2. The zero-order valence-electron chi connectivity index (χ0n) is 6.25. The van der Waals surface area contributed by atoms with Crippen LogP contribution in [0.2, 0.25) is 0 Å². The van der Waals surface area contributed by atoms with Crippen LogP contribution < -0.4 is 0 Å². The molecule has 0 atom stereocenters. The van der Waals surface area contributed by atoms with Gasteiger partial charge in [-0.1, -0.05) is 0 Å². The third-order valence-corrected chi connectivity index (χ3v) is 0.471. The fourth-order valence-electron chi connectivity index (χ4n) is 0.149. The molecular weight excluding hydrogens is 195 g/mol. The van der Waals surface area contributed by atoms with Crippen molar-refractivity contribution in [1.82, 2.24) is 0 Å². The molecule has 2 N–H and O–H groups in total. The van der Waals surface area contributed by atoms with Crippen molar-refractivity contribution in [2.45, 2.75) is 0 Å². The van der Waals surface area contributed by atoms with Crippen molar-refractivity contribution in [3.63, 3.8) is 0 Å². The molecule has 0 aliphatic heterocycles. The molecule has 0 amide bonds. The Morgan fingerprint density at radius 3 is 1.38 bits per heavy atom. The third kappa shape index (κ3) is 33.8. The van der Waals surface area contributed by atoms with Crippen LogP contribution in [-0.2, 0) is 9.68 Å². The normalized spacial score (nSPS) is 6.92. The Morgan fingerprint density at radius 1 is 0.923 bits per heavy atom. The Balaban J connectivity index is -0.000000173. The second-order valence-electron chi connectivity index (χ2n) is 1.26. The van der Waals surface area contributed by atoms with Crippen LogP contribution >= 0.6 is 0 Å². The predicted molar refractivity (Wildman–Crippen MR) is 44.8 cm³/mol. The van der Waals surface area contributed by atoms with Gasteiger partial charge in [-0.15, -0.1) is 9.81 Å². The van der Waals surface area contributed by atoms with E-state index in [2.05, 4.69) is 9.68 Å². The zero-order valence-corrected chi connectivity index (χ0v) is 6.25. The number of nitrogens with zero attached hydrogens (tertiary/aromatic N) is 2. The van der Waals surface area contributed by atoms with E-state index in [0.29, 0.717) is 0 Å². The van der Waals surface area contributed by atoms with E-state index in [-0.39, 0.29) is 56.0 Å². The van der Waals surface area contributed by atoms with Crippen LogP contribution in [0, 0.1) is 9.81 Å². The van der Waals surface area contributed by atoms with E-state index in [1.165, 1.54) is 0 Å². The molecule has 0 rings (SSSR count). The van der Waals surface area contributed by atoms with Crippen molar-refractivity contribution in [2.24, 2.45) is 10.7 Å². The van der Waals surface area contributed by atoms with Crippen LogP contribution in [0.15, 0.2) is 10.7 Å². The molecule has 0 aromatic carbocycles. The van der Waals surface area contributed by atoms with E-state index in [9.17, 15) is 0 Å². The quantitative estimate of drug-likeness (QED) is 0.241. The van der Waals surface area contributed by atoms with E-state index >= 15 is 0 Å². The van der Waals surface area contributed by atoms with Gasteiger partial charge in [-0.05, 0) is 0 Å². The second-order valence-corrected chi connectivity index (χ2v) is 1.26. The summed E-state index contributed by atoms with van der Waals surface area (Å²) in [5.41, 5.74) is 0. The molecule has 0 fully saturated rings. The molecule has 13 heavy (non-hydrogen) atoms. The molecule has 0 aromatic rings. The first-order valence-corrected chi connectivity index (χ1v) is 2.94. The average Bonchev–Trinajstić information content (AvgIpc) is 2.13. The van der Waals surface area contributed by atoms with Crippen molar-refractivity contribution in [1.29, 1.82) is 0 Å². The van der Waals surface area contributed by atoms with Gasteiger partial charge in [0, 0.05) is 0 Å². The monoisotopic (exact) mass is 206 g/mol. The van der Waals surface area contributed by atoms with Gasteiger partial charge in [-0.25, -0.2) is 0 Å². The van der Waals surface area contributed by atoms with Crippen molar-refractivity contribution in [3.8, 4) is 0 Å². The number of hydrogen-bond acceptors (Lipinski definition) is 8. The minimum absolute atomic E-state index is 0. The Morgan fingerprint density at radius 2 is 1.23 bits per heavy atom. The summed E-state index contributed by atoms with van der Waals surface area (Å²) in [6.45, 7) is -0.343. The molecule has 74 valence electrons. The van der Waals surface area contributed by atoms with E-state index < -0.39 is 0 Å². The summed E-state index contributed by atoms with van der Waals surface area (Å²) >= 11 is 0. The van der Waals surface area contributed by atoms with Crippen molar-refractivity contribution >= 4 is 29.6 Å². The first kappa shape index (κ1) is 18.5. The molecule has 0 aliphatic rings. The Hall–Kier alpha value is -0.280. The zero-order chi connectivity index (χ0) is 9.66. The summed E-state index contributed by atoms with van der Waals surface area (Å²) in [7, 11) is 0. The van der Waals surface area contributed by atoms with Crippen LogP contribution in [0.5, 0.6) is 0 Å². The molecule has 0 unspecified atom stereocenters. The number of rotatable bonds is 6. The van der Waals surface area contributed by atoms with Gasteiger partial charge < -0.3 is 19.9 Å². The van der Waals surface area contributed by atoms with E-state index in [0.717, 1.165) is 0 Å². The van der Waals surface area contributed by atoms with Gasteiger partial charge in [0.2, 0.25) is 0 Å². The summed E-state index contributed by atoms with van der Waals surface area (Å²) in [5, 5.41) is 19.3. The van der Waals surface area contributed by atoms with E-state index in [1.54, 1.807) is 0 Å². The van der Waals surface area contributed by atoms with Gasteiger partial charge >= 0.3 is 29.6 Å². The fraction of sp³-hybridized carbons (Fsp3) is 1.00. The maximum atomic E-state index is 9.13. The minimum atomic E-state index is -0.125. The van der Waals surface area contributed by atoms with Crippen LogP contribution in [0.1, 0.15) is 0 Å². The van der Waals surface area contributed by atoms with Crippen molar-refractivity contribution in [2.75, 3.05) is 26.4 Å². The van der Waals surface area contributed by atoms with Crippen molar-refractivity contribution < 1.29 is 19.9 Å². The molecule has 0 saturated carbocycles. The SMILES string of the molecule is O=NOCCON=O.OCCO.[NaH]. The standard InChI is InChI=1S/C2H4N2O4.C2H6O2.Na.H/c5-3-7-1-2-8-4-6;3-1-2-4;;/h1-2H2;3-4H,1-2H2;;. The molecule has 0 saturated heterocycles. The number of aliphatic hydroxyl groups is 2. The topological polar surface area (TPSA) is 118 Å². The molecule has 0 spiro atoms. The van der Waals surface area contributed by atoms with Crippen LogP contribution in [0.3, 0.4) is 0 Å². The van der Waals surface area contributed by atoms with Gasteiger partial charge in [0.1, 0.15) is 0 Å². The average molecular weight is 206 g/mol. The second kappa shape index (κ2) is 22.6. The maximum absolute atomic E-state index is 9.13. The molecule has 0 aromatic heterocycles. The molecule has 0 radical (unpaired) electrons. The molecule has 0 heterocycles. The van der Waals surface area contributed by atoms with Gasteiger partial charge in [0.25, 0.3) is 0 Å². The summed E-state index contributed by atoms with van der Waals surface area (Å²) in [4.78, 5) is 26.0. The summed E-state index contributed by atoms with van der Waals surface area (Å²) in [6, 6.07) is 0. The van der Waals surface area contributed by atoms with Gasteiger partial charge in [-0.3, -0.25) is 0 Å². The Kier molecular flexibility index (Phi) is 32.1. The Bertz CT molecular complexity index is 92.6. The molecule has 9 heteroatoms. The van der Waals surface area contributed by atoms with Gasteiger partial charge in [-0.2, -0.15) is 0 Å². The number of hydrogen-bond donors (Lipinski definition) is 2. The van der Waals surface area contributed by atoms with Gasteiger partial charge in [0.15, 0.2) is 23.9 Å². The first-order chi connectivity index (χ1) is 5.83. The molecular formula is C4H11N2NaO6.